The molecular weight excluding hydrogens is 247 g/mol. The summed E-state index contributed by atoms with van der Waals surface area (Å²) in [6.45, 7) is 2.75. The van der Waals surface area contributed by atoms with Crippen LogP contribution in [0.4, 0.5) is 4.39 Å². The highest BCUT2D eigenvalue weighted by Crippen LogP contribution is 2.27. The molecule has 0 bridgehead atoms. The predicted molar refractivity (Wildman–Crippen MR) is 72.1 cm³/mol. The third kappa shape index (κ3) is 2.60. The molecule has 4 heteroatoms. The van der Waals surface area contributed by atoms with Gasteiger partial charge in [0.15, 0.2) is 0 Å². The van der Waals surface area contributed by atoms with E-state index in [1.54, 1.807) is 6.07 Å². The van der Waals surface area contributed by atoms with Crippen LogP contribution in [0.25, 0.3) is 10.6 Å². The Kier molecular flexibility index (Phi) is 3.14. The Labute approximate surface area is 110 Å². The van der Waals surface area contributed by atoms with E-state index in [1.165, 1.54) is 30.2 Å². The topological polar surface area (TPSA) is 24.9 Å². The predicted octanol–water partition coefficient (Wildman–Crippen LogP) is 3.51. The molecule has 3 rings (SSSR count). The molecule has 2 aromatic rings. The van der Waals surface area contributed by atoms with E-state index in [2.05, 4.69) is 10.3 Å². The van der Waals surface area contributed by atoms with Gasteiger partial charge in [-0.05, 0) is 31.9 Å². The van der Waals surface area contributed by atoms with Crippen molar-refractivity contribution in [2.75, 3.05) is 0 Å². The quantitative estimate of drug-likeness (QED) is 0.912. The van der Waals surface area contributed by atoms with E-state index in [9.17, 15) is 4.39 Å². The van der Waals surface area contributed by atoms with E-state index >= 15 is 0 Å². The molecule has 94 valence electrons. The molecule has 0 unspecified atom stereocenters. The van der Waals surface area contributed by atoms with E-state index in [0.717, 1.165) is 22.8 Å². The van der Waals surface area contributed by atoms with Gasteiger partial charge in [-0.25, -0.2) is 9.37 Å². The van der Waals surface area contributed by atoms with Gasteiger partial charge in [-0.1, -0.05) is 11.6 Å². The van der Waals surface area contributed by atoms with Gasteiger partial charge in [0.1, 0.15) is 10.8 Å². The number of nitrogens with zero attached hydrogens (tertiary/aromatic N) is 1. The molecule has 1 aliphatic carbocycles. The van der Waals surface area contributed by atoms with Gasteiger partial charge in [0.05, 0.1) is 5.69 Å². The summed E-state index contributed by atoms with van der Waals surface area (Å²) in [4.78, 5) is 4.50. The lowest BCUT2D eigenvalue weighted by molar-refractivity contribution is 0.630. The van der Waals surface area contributed by atoms with Crippen molar-refractivity contribution in [2.24, 2.45) is 0 Å². The smallest absolute Gasteiger partial charge is 0.133 e. The van der Waals surface area contributed by atoms with Crippen LogP contribution in [0.2, 0.25) is 0 Å². The highest BCUT2D eigenvalue weighted by molar-refractivity contribution is 7.13. The Morgan fingerprint density at radius 2 is 2.28 bits per heavy atom. The standard InChI is InChI=1S/C14H15FN2S/c1-9-2-5-13(15)12(6-9)14-17-11(8-18-14)7-16-10-3-4-10/h2,5-6,8,10,16H,3-4,7H2,1H3. The highest BCUT2D eigenvalue weighted by atomic mass is 32.1. The zero-order valence-electron chi connectivity index (χ0n) is 10.2. The lowest BCUT2D eigenvalue weighted by atomic mass is 10.1. The second-order valence-electron chi connectivity index (χ2n) is 4.78. The Hall–Kier alpha value is -1.26. The van der Waals surface area contributed by atoms with Crippen LogP contribution in [0.15, 0.2) is 23.6 Å². The first-order valence-corrected chi connectivity index (χ1v) is 7.04. The first-order chi connectivity index (χ1) is 8.72. The summed E-state index contributed by atoms with van der Waals surface area (Å²) in [6.07, 6.45) is 2.53. The van der Waals surface area contributed by atoms with Crippen molar-refractivity contribution in [3.8, 4) is 10.6 Å². The van der Waals surface area contributed by atoms with Crippen molar-refractivity contribution < 1.29 is 4.39 Å². The molecule has 1 aromatic heterocycles. The van der Waals surface area contributed by atoms with Crippen molar-refractivity contribution in [3.05, 3.63) is 40.7 Å². The van der Waals surface area contributed by atoms with Crippen LogP contribution in [-0.2, 0) is 6.54 Å². The SMILES string of the molecule is Cc1ccc(F)c(-c2nc(CNC3CC3)cs2)c1. The summed E-state index contributed by atoms with van der Waals surface area (Å²) in [5.74, 6) is -0.198. The molecule has 18 heavy (non-hydrogen) atoms. The zero-order chi connectivity index (χ0) is 12.5. The number of halogens is 1. The molecule has 2 nitrogen and oxygen atoms in total. The lowest BCUT2D eigenvalue weighted by Crippen LogP contribution is -2.15. The van der Waals surface area contributed by atoms with Crippen LogP contribution >= 0.6 is 11.3 Å². The van der Waals surface area contributed by atoms with Gasteiger partial charge in [-0.2, -0.15) is 0 Å². The van der Waals surface area contributed by atoms with Crippen LogP contribution < -0.4 is 5.32 Å². The molecule has 0 amide bonds. The monoisotopic (exact) mass is 262 g/mol. The molecule has 1 heterocycles. The van der Waals surface area contributed by atoms with Gasteiger partial charge in [0.25, 0.3) is 0 Å². The largest absolute Gasteiger partial charge is 0.308 e. The molecule has 1 fully saturated rings. The molecule has 0 aliphatic heterocycles. The fraction of sp³-hybridized carbons (Fsp3) is 0.357. The minimum atomic E-state index is -0.198. The summed E-state index contributed by atoms with van der Waals surface area (Å²) in [5, 5.41) is 6.19. The second-order valence-corrected chi connectivity index (χ2v) is 5.64. The first kappa shape index (κ1) is 11.8. The third-order valence-electron chi connectivity index (χ3n) is 3.05. The van der Waals surface area contributed by atoms with E-state index < -0.39 is 0 Å². The molecule has 0 spiro atoms. The molecule has 1 N–H and O–H groups in total. The van der Waals surface area contributed by atoms with Gasteiger partial charge in [0, 0.05) is 23.5 Å². The minimum absolute atomic E-state index is 0.198. The molecule has 0 atom stereocenters. The Morgan fingerprint density at radius 1 is 1.44 bits per heavy atom. The number of hydrogen-bond acceptors (Lipinski definition) is 3. The average Bonchev–Trinajstić information content (AvgIpc) is 3.08. The Balaban J connectivity index is 1.80. The fourth-order valence-electron chi connectivity index (χ4n) is 1.85. The number of hydrogen-bond donors (Lipinski definition) is 1. The van der Waals surface area contributed by atoms with Gasteiger partial charge < -0.3 is 5.32 Å². The molecule has 0 saturated heterocycles. The van der Waals surface area contributed by atoms with Crippen LogP contribution in [0.3, 0.4) is 0 Å². The van der Waals surface area contributed by atoms with Crippen LogP contribution in [0.5, 0.6) is 0 Å². The summed E-state index contributed by atoms with van der Waals surface area (Å²) in [5.41, 5.74) is 2.67. The van der Waals surface area contributed by atoms with E-state index in [0.29, 0.717) is 11.6 Å². The maximum Gasteiger partial charge on any atom is 0.133 e. The molecule has 0 radical (unpaired) electrons. The van der Waals surface area contributed by atoms with Crippen LogP contribution in [-0.4, -0.2) is 11.0 Å². The van der Waals surface area contributed by atoms with Crippen molar-refractivity contribution in [3.63, 3.8) is 0 Å². The zero-order valence-corrected chi connectivity index (χ0v) is 11.1. The summed E-state index contributed by atoms with van der Waals surface area (Å²) in [6, 6.07) is 5.81. The summed E-state index contributed by atoms with van der Waals surface area (Å²) < 4.78 is 13.7. The maximum atomic E-state index is 13.7. The van der Waals surface area contributed by atoms with Crippen LogP contribution in [0, 0.1) is 12.7 Å². The van der Waals surface area contributed by atoms with Crippen molar-refractivity contribution in [1.82, 2.24) is 10.3 Å². The summed E-state index contributed by atoms with van der Waals surface area (Å²) >= 11 is 1.51. The van der Waals surface area contributed by atoms with Gasteiger partial charge in [-0.3, -0.25) is 0 Å². The lowest BCUT2D eigenvalue weighted by Gasteiger charge is -2.01. The molecular formula is C14H15FN2S. The number of benzene rings is 1. The van der Waals surface area contributed by atoms with Crippen molar-refractivity contribution in [1.29, 1.82) is 0 Å². The van der Waals surface area contributed by atoms with Crippen molar-refractivity contribution in [2.45, 2.75) is 32.4 Å². The Bertz CT molecular complexity index is 561. The van der Waals surface area contributed by atoms with Crippen molar-refractivity contribution >= 4 is 11.3 Å². The van der Waals surface area contributed by atoms with Crippen LogP contribution in [0.1, 0.15) is 24.1 Å². The number of nitrogens with one attached hydrogen (secondary N) is 1. The third-order valence-corrected chi connectivity index (χ3v) is 3.98. The molecule has 1 saturated carbocycles. The van der Waals surface area contributed by atoms with Gasteiger partial charge >= 0.3 is 0 Å². The summed E-state index contributed by atoms with van der Waals surface area (Å²) in [7, 11) is 0. The minimum Gasteiger partial charge on any atom is -0.308 e. The average molecular weight is 262 g/mol. The Morgan fingerprint density at radius 3 is 3.06 bits per heavy atom. The van der Waals surface area contributed by atoms with E-state index in [-0.39, 0.29) is 5.82 Å². The number of aromatic nitrogens is 1. The normalized spacial score (nSPS) is 15.0. The number of rotatable bonds is 4. The first-order valence-electron chi connectivity index (χ1n) is 6.17. The highest BCUT2D eigenvalue weighted by Gasteiger charge is 2.20. The molecule has 1 aromatic carbocycles. The van der Waals surface area contributed by atoms with Gasteiger partial charge in [-0.15, -0.1) is 11.3 Å². The van der Waals surface area contributed by atoms with Gasteiger partial charge in [0.2, 0.25) is 0 Å². The number of thiazole rings is 1. The van der Waals surface area contributed by atoms with E-state index in [1.807, 2.05) is 18.4 Å². The number of aryl methyl sites for hydroxylation is 1. The second kappa shape index (κ2) is 4.78. The fourth-order valence-corrected chi connectivity index (χ4v) is 2.69. The molecule has 1 aliphatic rings. The van der Waals surface area contributed by atoms with E-state index in [4.69, 9.17) is 0 Å². The maximum absolute atomic E-state index is 13.7.